The van der Waals surface area contributed by atoms with Crippen LogP contribution in [0, 0.1) is 0 Å². The number of phenols is 1. The van der Waals surface area contributed by atoms with Gasteiger partial charge in [0.25, 0.3) is 0 Å². The third kappa shape index (κ3) is 4.17. The molecule has 0 atom stereocenters. The first-order chi connectivity index (χ1) is 13.2. The first-order valence-corrected chi connectivity index (χ1v) is 8.82. The second kappa shape index (κ2) is 8.49. The van der Waals surface area contributed by atoms with Crippen LogP contribution in [-0.4, -0.2) is 26.4 Å². The largest absolute Gasteiger partial charge is 0.504 e. The maximum absolute atomic E-state index is 10.2. The number of methoxy groups -OCH3 is 3. The van der Waals surface area contributed by atoms with E-state index in [-0.39, 0.29) is 5.75 Å². The number of hydrogen-bond donors (Lipinski definition) is 1. The highest BCUT2D eigenvalue weighted by atomic mass is 16.5. The summed E-state index contributed by atoms with van der Waals surface area (Å²) in [5.41, 5.74) is 4.34. The summed E-state index contributed by atoms with van der Waals surface area (Å²) >= 11 is 0. The molecule has 0 spiro atoms. The van der Waals surface area contributed by atoms with Crippen LogP contribution in [0.2, 0.25) is 0 Å². The van der Waals surface area contributed by atoms with Gasteiger partial charge in [-0.1, -0.05) is 36.4 Å². The van der Waals surface area contributed by atoms with E-state index >= 15 is 0 Å². The van der Waals surface area contributed by atoms with Crippen molar-refractivity contribution < 1.29 is 19.3 Å². The van der Waals surface area contributed by atoms with Crippen molar-refractivity contribution in [2.45, 2.75) is 12.8 Å². The Morgan fingerprint density at radius 2 is 1.41 bits per heavy atom. The molecule has 3 aromatic carbocycles. The molecule has 0 fully saturated rings. The average molecular weight is 364 g/mol. The molecule has 1 N–H and O–H groups in total. The Balaban J connectivity index is 1.92. The minimum Gasteiger partial charge on any atom is -0.504 e. The van der Waals surface area contributed by atoms with Gasteiger partial charge in [0.2, 0.25) is 0 Å². The van der Waals surface area contributed by atoms with Crippen LogP contribution in [0.15, 0.2) is 60.7 Å². The van der Waals surface area contributed by atoms with Gasteiger partial charge in [-0.3, -0.25) is 0 Å². The van der Waals surface area contributed by atoms with E-state index in [9.17, 15) is 5.11 Å². The number of aromatic hydroxyl groups is 1. The standard InChI is InChI=1S/C23H24O4/c1-25-21-12-10-16(13-23(21)27-3)9-11-18-14-22(26-2)20(24)15-19(18)17-7-5-4-6-8-17/h4-8,10,12-15,24H,9,11H2,1-3H3. The quantitative estimate of drug-likeness (QED) is 0.650. The van der Waals surface area contributed by atoms with Crippen LogP contribution >= 0.6 is 0 Å². The lowest BCUT2D eigenvalue weighted by Gasteiger charge is -2.14. The van der Waals surface area contributed by atoms with Crippen molar-refractivity contribution in [1.29, 1.82) is 0 Å². The van der Waals surface area contributed by atoms with E-state index in [0.717, 1.165) is 46.6 Å². The topological polar surface area (TPSA) is 47.9 Å². The number of benzene rings is 3. The zero-order valence-corrected chi connectivity index (χ0v) is 15.9. The average Bonchev–Trinajstić information content (AvgIpc) is 2.72. The lowest BCUT2D eigenvalue weighted by atomic mass is 9.94. The number of ether oxygens (including phenoxy) is 3. The van der Waals surface area contributed by atoms with Gasteiger partial charge in [-0.25, -0.2) is 0 Å². The molecule has 0 amide bonds. The minimum absolute atomic E-state index is 0.145. The SMILES string of the molecule is COc1cc(CCc2ccc(OC)c(OC)c2)c(-c2ccccc2)cc1O. The molecule has 4 nitrogen and oxygen atoms in total. The van der Waals surface area contributed by atoms with Gasteiger partial charge in [-0.15, -0.1) is 0 Å². The molecule has 0 unspecified atom stereocenters. The Labute approximate surface area is 160 Å². The van der Waals surface area contributed by atoms with Gasteiger partial charge < -0.3 is 19.3 Å². The van der Waals surface area contributed by atoms with E-state index in [4.69, 9.17) is 14.2 Å². The molecule has 0 aliphatic rings. The van der Waals surface area contributed by atoms with Crippen LogP contribution in [0.25, 0.3) is 11.1 Å². The summed E-state index contributed by atoms with van der Waals surface area (Å²) in [5.74, 6) is 2.07. The fraction of sp³-hybridized carbons (Fsp3) is 0.217. The fourth-order valence-electron chi connectivity index (χ4n) is 3.18. The van der Waals surface area contributed by atoms with Gasteiger partial charge in [0.1, 0.15) is 0 Å². The second-order valence-corrected chi connectivity index (χ2v) is 6.24. The van der Waals surface area contributed by atoms with Gasteiger partial charge in [0.15, 0.2) is 23.0 Å². The molecule has 0 saturated carbocycles. The lowest BCUT2D eigenvalue weighted by molar-refractivity contribution is 0.354. The van der Waals surface area contributed by atoms with Crippen molar-refractivity contribution in [2.24, 2.45) is 0 Å². The molecule has 0 saturated heterocycles. The Kier molecular flexibility index (Phi) is 5.87. The third-order valence-corrected chi connectivity index (χ3v) is 4.62. The Hall–Kier alpha value is -3.14. The Morgan fingerprint density at radius 3 is 2.07 bits per heavy atom. The Morgan fingerprint density at radius 1 is 0.704 bits per heavy atom. The molecule has 27 heavy (non-hydrogen) atoms. The number of phenolic OH excluding ortho intramolecular Hbond substituents is 1. The molecule has 3 aromatic rings. The summed E-state index contributed by atoms with van der Waals surface area (Å²) in [5, 5.41) is 10.2. The molecule has 4 heteroatoms. The van der Waals surface area contributed by atoms with Crippen LogP contribution in [0.1, 0.15) is 11.1 Å². The summed E-state index contributed by atoms with van der Waals surface area (Å²) in [4.78, 5) is 0. The molecule has 3 rings (SSSR count). The highest BCUT2D eigenvalue weighted by Gasteiger charge is 2.12. The van der Waals surface area contributed by atoms with Gasteiger partial charge in [-0.05, 0) is 59.4 Å². The van der Waals surface area contributed by atoms with E-state index < -0.39 is 0 Å². The van der Waals surface area contributed by atoms with Crippen LogP contribution in [0.3, 0.4) is 0 Å². The van der Waals surface area contributed by atoms with Crippen molar-refractivity contribution in [3.8, 4) is 34.1 Å². The maximum Gasteiger partial charge on any atom is 0.160 e. The maximum atomic E-state index is 10.2. The van der Waals surface area contributed by atoms with Gasteiger partial charge in [0, 0.05) is 0 Å². The molecule has 0 aliphatic heterocycles. The zero-order valence-electron chi connectivity index (χ0n) is 15.9. The van der Waals surface area contributed by atoms with Crippen LogP contribution in [0.4, 0.5) is 0 Å². The van der Waals surface area contributed by atoms with Gasteiger partial charge in [0.05, 0.1) is 21.3 Å². The predicted molar refractivity (Wildman–Crippen MR) is 107 cm³/mol. The minimum atomic E-state index is 0.145. The molecule has 0 radical (unpaired) electrons. The van der Waals surface area contributed by atoms with Crippen LogP contribution in [-0.2, 0) is 12.8 Å². The summed E-state index contributed by atoms with van der Waals surface area (Å²) in [6.45, 7) is 0. The van der Waals surface area contributed by atoms with Gasteiger partial charge >= 0.3 is 0 Å². The smallest absolute Gasteiger partial charge is 0.160 e. The highest BCUT2D eigenvalue weighted by Crippen LogP contribution is 2.36. The first-order valence-electron chi connectivity index (χ1n) is 8.82. The lowest BCUT2D eigenvalue weighted by Crippen LogP contribution is -1.98. The highest BCUT2D eigenvalue weighted by molar-refractivity contribution is 5.71. The fourth-order valence-corrected chi connectivity index (χ4v) is 3.18. The number of hydrogen-bond acceptors (Lipinski definition) is 4. The van der Waals surface area contributed by atoms with Crippen molar-refractivity contribution in [2.75, 3.05) is 21.3 Å². The van der Waals surface area contributed by atoms with Gasteiger partial charge in [-0.2, -0.15) is 0 Å². The molecule has 0 aromatic heterocycles. The number of aryl methyl sites for hydroxylation is 2. The van der Waals surface area contributed by atoms with Crippen LogP contribution in [0.5, 0.6) is 23.0 Å². The second-order valence-electron chi connectivity index (χ2n) is 6.24. The molecule has 0 aliphatic carbocycles. The molecule has 0 bridgehead atoms. The van der Waals surface area contributed by atoms with Crippen LogP contribution < -0.4 is 14.2 Å². The molecular weight excluding hydrogens is 340 g/mol. The zero-order chi connectivity index (χ0) is 19.2. The van der Waals surface area contributed by atoms with Crippen molar-refractivity contribution in [3.63, 3.8) is 0 Å². The van der Waals surface area contributed by atoms with E-state index in [1.807, 2.05) is 54.6 Å². The predicted octanol–water partition coefficient (Wildman–Crippen LogP) is 4.87. The first kappa shape index (κ1) is 18.6. The van der Waals surface area contributed by atoms with E-state index in [1.54, 1.807) is 27.4 Å². The van der Waals surface area contributed by atoms with E-state index in [1.165, 1.54) is 0 Å². The summed E-state index contributed by atoms with van der Waals surface area (Å²) in [6, 6.07) is 19.7. The van der Waals surface area contributed by atoms with E-state index in [2.05, 4.69) is 0 Å². The Bertz CT molecular complexity index is 904. The third-order valence-electron chi connectivity index (χ3n) is 4.62. The molecule has 0 heterocycles. The monoisotopic (exact) mass is 364 g/mol. The molecule has 140 valence electrons. The molecular formula is C23H24O4. The van der Waals surface area contributed by atoms with Crippen molar-refractivity contribution in [1.82, 2.24) is 0 Å². The summed E-state index contributed by atoms with van der Waals surface area (Å²) in [6.07, 6.45) is 1.63. The van der Waals surface area contributed by atoms with E-state index in [0.29, 0.717) is 5.75 Å². The van der Waals surface area contributed by atoms with Crippen molar-refractivity contribution in [3.05, 3.63) is 71.8 Å². The summed E-state index contributed by atoms with van der Waals surface area (Å²) < 4.78 is 16.0. The number of rotatable bonds is 7. The van der Waals surface area contributed by atoms with Crippen molar-refractivity contribution >= 4 is 0 Å². The summed E-state index contributed by atoms with van der Waals surface area (Å²) in [7, 11) is 4.84. The normalized spacial score (nSPS) is 10.5.